The van der Waals surface area contributed by atoms with Crippen molar-refractivity contribution in [3.05, 3.63) is 94.1 Å². The van der Waals surface area contributed by atoms with Crippen molar-refractivity contribution < 1.29 is 0 Å². The van der Waals surface area contributed by atoms with Crippen LogP contribution in [-0.2, 0) is 0 Å². The van der Waals surface area contributed by atoms with Crippen molar-refractivity contribution in [2.24, 2.45) is 0 Å². The molecule has 0 saturated carbocycles. The Balaban J connectivity index is 1.89. The van der Waals surface area contributed by atoms with Crippen molar-refractivity contribution in [2.45, 2.75) is 13.8 Å². The first-order chi connectivity index (χ1) is 13.1. The summed E-state index contributed by atoms with van der Waals surface area (Å²) in [6.07, 6.45) is 0. The van der Waals surface area contributed by atoms with E-state index < -0.39 is 0 Å². The number of fused-ring (bicyclic) bond motifs is 1. The molecule has 27 heavy (non-hydrogen) atoms. The highest BCUT2D eigenvalue weighted by Gasteiger charge is 2.10. The first kappa shape index (κ1) is 17.3. The van der Waals surface area contributed by atoms with Gasteiger partial charge in [-0.25, -0.2) is 9.97 Å². The molecule has 0 spiro atoms. The van der Waals surface area contributed by atoms with Crippen LogP contribution in [0.15, 0.2) is 66.7 Å². The van der Waals surface area contributed by atoms with Crippen LogP contribution in [0.5, 0.6) is 0 Å². The summed E-state index contributed by atoms with van der Waals surface area (Å²) in [5.74, 6) is 6.42. The normalized spacial score (nSPS) is 10.5. The van der Waals surface area contributed by atoms with Crippen LogP contribution >= 0.6 is 11.6 Å². The van der Waals surface area contributed by atoms with Crippen molar-refractivity contribution in [3.8, 4) is 23.1 Å². The summed E-state index contributed by atoms with van der Waals surface area (Å²) < 4.78 is 0. The van der Waals surface area contributed by atoms with E-state index in [1.807, 2.05) is 42.5 Å². The van der Waals surface area contributed by atoms with Crippen LogP contribution in [-0.4, -0.2) is 9.97 Å². The molecule has 0 radical (unpaired) electrons. The Morgan fingerprint density at radius 2 is 1.37 bits per heavy atom. The largest absolute Gasteiger partial charge is 0.243 e. The maximum atomic E-state index is 6.14. The van der Waals surface area contributed by atoms with E-state index in [0.29, 0.717) is 10.7 Å². The molecule has 1 aromatic heterocycles. The van der Waals surface area contributed by atoms with Gasteiger partial charge in [-0.05, 0) is 50.1 Å². The number of benzene rings is 3. The molecule has 0 atom stereocenters. The monoisotopic (exact) mass is 368 g/mol. The summed E-state index contributed by atoms with van der Waals surface area (Å²) in [5.41, 5.74) is 7.32. The molecule has 4 rings (SSSR count). The molecule has 0 unspecified atom stereocenters. The SMILES string of the molecule is Cc1ccc(C#Cc2nc3ccc(Cl)cc3nc2-c2ccc(C)cc2)cc1. The van der Waals surface area contributed by atoms with Crippen LogP contribution in [0, 0.1) is 25.7 Å². The lowest BCUT2D eigenvalue weighted by Crippen LogP contribution is -1.96. The van der Waals surface area contributed by atoms with Gasteiger partial charge in [-0.15, -0.1) is 0 Å². The van der Waals surface area contributed by atoms with Gasteiger partial charge in [0, 0.05) is 16.1 Å². The molecule has 4 aromatic rings. The second kappa shape index (κ2) is 7.23. The van der Waals surface area contributed by atoms with E-state index in [1.165, 1.54) is 11.1 Å². The summed E-state index contributed by atoms with van der Waals surface area (Å²) in [6.45, 7) is 4.13. The maximum absolute atomic E-state index is 6.14. The van der Waals surface area contributed by atoms with Crippen molar-refractivity contribution in [2.75, 3.05) is 0 Å². The number of aryl methyl sites for hydroxylation is 2. The van der Waals surface area contributed by atoms with Crippen LogP contribution in [0.4, 0.5) is 0 Å². The van der Waals surface area contributed by atoms with E-state index in [9.17, 15) is 0 Å². The van der Waals surface area contributed by atoms with Crippen molar-refractivity contribution in [1.29, 1.82) is 0 Å². The van der Waals surface area contributed by atoms with Crippen molar-refractivity contribution >= 4 is 22.6 Å². The highest BCUT2D eigenvalue weighted by Crippen LogP contribution is 2.25. The minimum absolute atomic E-state index is 0.644. The Morgan fingerprint density at radius 1 is 0.704 bits per heavy atom. The van der Waals surface area contributed by atoms with Gasteiger partial charge in [0.05, 0.1) is 11.0 Å². The summed E-state index contributed by atoms with van der Waals surface area (Å²) in [4.78, 5) is 9.57. The molecule has 0 aliphatic carbocycles. The molecule has 3 heteroatoms. The van der Waals surface area contributed by atoms with E-state index in [4.69, 9.17) is 21.6 Å². The fourth-order valence-electron chi connectivity index (χ4n) is 2.80. The smallest absolute Gasteiger partial charge is 0.140 e. The zero-order valence-electron chi connectivity index (χ0n) is 15.1. The van der Waals surface area contributed by atoms with Gasteiger partial charge in [-0.2, -0.15) is 0 Å². The molecule has 0 bridgehead atoms. The van der Waals surface area contributed by atoms with Gasteiger partial charge in [0.2, 0.25) is 0 Å². The topological polar surface area (TPSA) is 25.8 Å². The second-order valence-electron chi connectivity index (χ2n) is 6.54. The van der Waals surface area contributed by atoms with Gasteiger partial charge < -0.3 is 0 Å². The van der Waals surface area contributed by atoms with Gasteiger partial charge in [-0.3, -0.25) is 0 Å². The van der Waals surface area contributed by atoms with E-state index in [1.54, 1.807) is 0 Å². The van der Waals surface area contributed by atoms with Crippen LogP contribution < -0.4 is 0 Å². The molecule has 0 aliphatic rings. The first-order valence-electron chi connectivity index (χ1n) is 8.71. The predicted octanol–water partition coefficient (Wildman–Crippen LogP) is 5.97. The molecule has 0 aliphatic heterocycles. The van der Waals surface area contributed by atoms with Gasteiger partial charge >= 0.3 is 0 Å². The third-order valence-electron chi connectivity index (χ3n) is 4.33. The molecule has 130 valence electrons. The average Bonchev–Trinajstić information content (AvgIpc) is 2.67. The number of rotatable bonds is 1. The Bertz CT molecular complexity index is 1180. The van der Waals surface area contributed by atoms with Crippen LogP contribution in [0.2, 0.25) is 5.02 Å². The Kier molecular flexibility index (Phi) is 4.62. The number of nitrogens with zero attached hydrogens (tertiary/aromatic N) is 2. The molecule has 0 amide bonds. The molecule has 0 fully saturated rings. The molecule has 1 heterocycles. The lowest BCUT2D eigenvalue weighted by Gasteiger charge is -2.07. The minimum atomic E-state index is 0.644. The fourth-order valence-corrected chi connectivity index (χ4v) is 2.96. The fraction of sp³-hybridized carbons (Fsp3) is 0.0833. The van der Waals surface area contributed by atoms with Gasteiger partial charge in [0.15, 0.2) is 0 Å². The number of hydrogen-bond donors (Lipinski definition) is 0. The number of aromatic nitrogens is 2. The lowest BCUT2D eigenvalue weighted by molar-refractivity contribution is 1.26. The minimum Gasteiger partial charge on any atom is -0.243 e. The lowest BCUT2D eigenvalue weighted by atomic mass is 10.1. The van der Waals surface area contributed by atoms with Gasteiger partial charge in [0.25, 0.3) is 0 Å². The molecular weight excluding hydrogens is 352 g/mol. The third-order valence-corrected chi connectivity index (χ3v) is 4.56. The quantitative estimate of drug-likeness (QED) is 0.387. The Morgan fingerprint density at radius 3 is 2.07 bits per heavy atom. The van der Waals surface area contributed by atoms with Crippen molar-refractivity contribution in [1.82, 2.24) is 9.97 Å². The highest BCUT2D eigenvalue weighted by atomic mass is 35.5. The summed E-state index contributed by atoms with van der Waals surface area (Å²) >= 11 is 6.14. The molecular formula is C24H17ClN2. The second-order valence-corrected chi connectivity index (χ2v) is 6.97. The summed E-state index contributed by atoms with van der Waals surface area (Å²) in [5, 5.41) is 0.644. The van der Waals surface area contributed by atoms with E-state index >= 15 is 0 Å². The molecule has 0 saturated heterocycles. The van der Waals surface area contributed by atoms with Crippen LogP contribution in [0.25, 0.3) is 22.3 Å². The number of halogens is 1. The Labute approximate surface area is 163 Å². The van der Waals surface area contributed by atoms with Crippen molar-refractivity contribution in [3.63, 3.8) is 0 Å². The zero-order chi connectivity index (χ0) is 18.8. The van der Waals surface area contributed by atoms with Crippen LogP contribution in [0.3, 0.4) is 0 Å². The zero-order valence-corrected chi connectivity index (χ0v) is 15.9. The average molecular weight is 369 g/mol. The maximum Gasteiger partial charge on any atom is 0.140 e. The summed E-state index contributed by atoms with van der Waals surface area (Å²) in [7, 11) is 0. The van der Waals surface area contributed by atoms with E-state index in [0.717, 1.165) is 27.9 Å². The molecule has 3 aromatic carbocycles. The van der Waals surface area contributed by atoms with E-state index in [2.05, 4.69) is 50.0 Å². The predicted molar refractivity (Wildman–Crippen MR) is 112 cm³/mol. The van der Waals surface area contributed by atoms with Gasteiger partial charge in [0.1, 0.15) is 11.4 Å². The van der Waals surface area contributed by atoms with E-state index in [-0.39, 0.29) is 0 Å². The number of hydrogen-bond acceptors (Lipinski definition) is 2. The summed E-state index contributed by atoms with van der Waals surface area (Å²) in [6, 6.07) is 21.9. The molecule has 0 N–H and O–H groups in total. The Hall–Kier alpha value is -3.15. The third kappa shape index (κ3) is 3.84. The standard InChI is InChI=1S/C24H17ClN2/c1-16-3-7-18(8-4-16)9-13-22-24(19-10-5-17(2)6-11-19)27-23-15-20(25)12-14-21(23)26-22/h3-8,10-12,14-15H,1-2H3. The highest BCUT2D eigenvalue weighted by molar-refractivity contribution is 6.31. The molecule has 2 nitrogen and oxygen atoms in total. The van der Waals surface area contributed by atoms with Crippen LogP contribution in [0.1, 0.15) is 22.4 Å². The van der Waals surface area contributed by atoms with Gasteiger partial charge in [-0.1, -0.05) is 65.0 Å². The first-order valence-corrected chi connectivity index (χ1v) is 9.09.